The highest BCUT2D eigenvalue weighted by atomic mass is 32.2. The molecule has 21 heavy (non-hydrogen) atoms. The van der Waals surface area contributed by atoms with Gasteiger partial charge in [-0.05, 0) is 17.7 Å². The predicted octanol–water partition coefficient (Wildman–Crippen LogP) is 2.59. The lowest BCUT2D eigenvalue weighted by Crippen LogP contribution is -2.09. The number of alkyl halides is 2. The highest BCUT2D eigenvalue weighted by molar-refractivity contribution is 7.84. The van der Waals surface area contributed by atoms with Gasteiger partial charge in [-0.3, -0.25) is 0 Å². The van der Waals surface area contributed by atoms with Crippen molar-refractivity contribution in [2.45, 2.75) is 23.8 Å². The number of rotatable bonds is 3. The van der Waals surface area contributed by atoms with Gasteiger partial charge in [0.15, 0.2) is 18.0 Å². The second-order valence-electron chi connectivity index (χ2n) is 4.57. The molecular weight excluding hydrogens is 310 g/mol. The molecule has 0 radical (unpaired) electrons. The van der Waals surface area contributed by atoms with Crippen molar-refractivity contribution < 1.29 is 21.8 Å². The Morgan fingerprint density at radius 1 is 1.29 bits per heavy atom. The number of benzene rings is 1. The van der Waals surface area contributed by atoms with Gasteiger partial charge >= 0.3 is 0 Å². The van der Waals surface area contributed by atoms with Gasteiger partial charge in [-0.1, -0.05) is 0 Å². The van der Waals surface area contributed by atoms with Crippen LogP contribution in [0.3, 0.4) is 0 Å². The first kappa shape index (κ1) is 14.2. The van der Waals surface area contributed by atoms with Crippen molar-refractivity contribution in [3.63, 3.8) is 0 Å². The van der Waals surface area contributed by atoms with E-state index in [1.165, 1.54) is 0 Å². The zero-order chi connectivity index (χ0) is 15.1. The van der Waals surface area contributed by atoms with E-state index in [4.69, 9.17) is 0 Å². The molecule has 0 aliphatic carbocycles. The molecule has 2 aromatic rings. The van der Waals surface area contributed by atoms with Crippen molar-refractivity contribution in [1.29, 1.82) is 0 Å². The van der Waals surface area contributed by atoms with Gasteiger partial charge in [-0.15, -0.1) is 5.10 Å². The van der Waals surface area contributed by atoms with Crippen molar-refractivity contribution in [1.82, 2.24) is 14.8 Å². The molecule has 1 unspecified atom stereocenters. The Labute approximate surface area is 119 Å². The summed E-state index contributed by atoms with van der Waals surface area (Å²) in [5, 5.41) is 3.49. The van der Waals surface area contributed by atoms with Crippen LogP contribution in [0.5, 0.6) is 0 Å². The van der Waals surface area contributed by atoms with Crippen LogP contribution in [0.2, 0.25) is 0 Å². The van der Waals surface area contributed by atoms with E-state index in [1.807, 2.05) is 0 Å². The summed E-state index contributed by atoms with van der Waals surface area (Å²) in [5.74, 6) is -1.69. The zero-order valence-electron chi connectivity index (χ0n) is 10.5. The lowest BCUT2D eigenvalue weighted by atomic mass is 10.0. The fourth-order valence-electron chi connectivity index (χ4n) is 2.35. The summed E-state index contributed by atoms with van der Waals surface area (Å²) in [6.07, 6.45) is -1.60. The number of aromatic nitrogens is 3. The SMILES string of the molecule is O=S(CF)c1nc2n(n1)[C@H](c1cc(F)cc(F)c1)C[C@@H]2F. The predicted molar refractivity (Wildman–Crippen MR) is 65.4 cm³/mol. The Morgan fingerprint density at radius 2 is 1.95 bits per heavy atom. The van der Waals surface area contributed by atoms with Crippen LogP contribution in [0.1, 0.15) is 30.0 Å². The van der Waals surface area contributed by atoms with E-state index in [1.54, 1.807) is 0 Å². The Balaban J connectivity index is 2.04. The van der Waals surface area contributed by atoms with Gasteiger partial charge in [0.25, 0.3) is 0 Å². The van der Waals surface area contributed by atoms with Crippen LogP contribution < -0.4 is 0 Å². The average molecular weight is 319 g/mol. The van der Waals surface area contributed by atoms with Crippen molar-refractivity contribution in [2.75, 3.05) is 6.01 Å². The first-order valence-corrected chi connectivity index (χ1v) is 7.32. The minimum atomic E-state index is -2.07. The minimum absolute atomic E-state index is 0.0826. The first-order valence-electron chi connectivity index (χ1n) is 6.00. The Bertz CT molecular complexity index is 700. The van der Waals surface area contributed by atoms with Gasteiger partial charge in [0, 0.05) is 12.5 Å². The first-order chi connectivity index (χ1) is 9.99. The number of fused-ring (bicyclic) bond motifs is 1. The Morgan fingerprint density at radius 3 is 2.57 bits per heavy atom. The van der Waals surface area contributed by atoms with Crippen LogP contribution in [-0.2, 0) is 10.8 Å². The van der Waals surface area contributed by atoms with Crippen molar-refractivity contribution in [3.05, 3.63) is 41.2 Å². The average Bonchev–Trinajstić information content (AvgIpc) is 2.98. The monoisotopic (exact) mass is 319 g/mol. The number of halogens is 4. The summed E-state index contributed by atoms with van der Waals surface area (Å²) >= 11 is 0. The Hall–Kier alpha value is -1.77. The molecule has 0 fully saturated rings. The van der Waals surface area contributed by atoms with Gasteiger partial charge in [-0.2, -0.15) is 0 Å². The van der Waals surface area contributed by atoms with Crippen LogP contribution in [0.25, 0.3) is 0 Å². The Kier molecular flexibility index (Phi) is 3.52. The summed E-state index contributed by atoms with van der Waals surface area (Å²) < 4.78 is 65.3. The van der Waals surface area contributed by atoms with Gasteiger partial charge in [-0.25, -0.2) is 31.4 Å². The van der Waals surface area contributed by atoms with Crippen LogP contribution in [0, 0.1) is 11.6 Å². The quantitative estimate of drug-likeness (QED) is 0.817. The van der Waals surface area contributed by atoms with Crippen LogP contribution in [-0.4, -0.2) is 25.0 Å². The molecular formula is C12H9F4N3OS. The summed E-state index contributed by atoms with van der Waals surface area (Å²) in [5.41, 5.74) is 0.191. The number of hydrogen-bond acceptors (Lipinski definition) is 3. The van der Waals surface area contributed by atoms with Crippen molar-refractivity contribution in [2.24, 2.45) is 0 Å². The third-order valence-corrected chi connectivity index (χ3v) is 3.99. The highest BCUT2D eigenvalue weighted by Gasteiger charge is 2.36. The van der Waals surface area contributed by atoms with E-state index in [2.05, 4.69) is 10.1 Å². The summed E-state index contributed by atoms with van der Waals surface area (Å²) in [6.45, 7) is 0. The minimum Gasteiger partial charge on any atom is -0.248 e. The van der Waals surface area contributed by atoms with E-state index in [-0.39, 0.29) is 23.0 Å². The molecule has 0 saturated carbocycles. The summed E-state index contributed by atoms with van der Waals surface area (Å²) in [6, 6.07) is 0.904. The molecule has 0 N–H and O–H groups in total. The van der Waals surface area contributed by atoms with E-state index < -0.39 is 40.7 Å². The summed E-state index contributed by atoms with van der Waals surface area (Å²) in [7, 11) is -2.07. The van der Waals surface area contributed by atoms with Crippen LogP contribution in [0.4, 0.5) is 17.6 Å². The lowest BCUT2D eigenvalue weighted by molar-refractivity contribution is 0.326. The molecule has 1 aromatic carbocycles. The molecule has 2 heterocycles. The highest BCUT2D eigenvalue weighted by Crippen LogP contribution is 2.39. The fourth-order valence-corrected chi connectivity index (χ4v) is 2.82. The third kappa shape index (κ3) is 2.45. The maximum Gasteiger partial charge on any atom is 0.241 e. The lowest BCUT2D eigenvalue weighted by Gasteiger charge is -2.12. The molecule has 0 saturated heterocycles. The molecule has 0 bridgehead atoms. The maximum atomic E-state index is 13.9. The van der Waals surface area contributed by atoms with E-state index in [9.17, 15) is 21.8 Å². The largest absolute Gasteiger partial charge is 0.248 e. The van der Waals surface area contributed by atoms with E-state index in [0.29, 0.717) is 6.07 Å². The van der Waals surface area contributed by atoms with Gasteiger partial charge in [0.1, 0.15) is 22.4 Å². The molecule has 9 heteroatoms. The molecule has 3 atom stereocenters. The zero-order valence-corrected chi connectivity index (χ0v) is 11.3. The molecule has 1 aromatic heterocycles. The van der Waals surface area contributed by atoms with E-state index >= 15 is 0 Å². The second kappa shape index (κ2) is 5.21. The normalized spacial score (nSPS) is 22.3. The molecule has 1 aliphatic heterocycles. The fraction of sp³-hybridized carbons (Fsp3) is 0.333. The van der Waals surface area contributed by atoms with Gasteiger partial charge < -0.3 is 0 Å². The molecule has 4 nitrogen and oxygen atoms in total. The number of nitrogens with zero attached hydrogens (tertiary/aromatic N) is 3. The van der Waals surface area contributed by atoms with Gasteiger partial charge in [0.05, 0.1) is 6.04 Å². The van der Waals surface area contributed by atoms with Crippen molar-refractivity contribution in [3.8, 4) is 0 Å². The summed E-state index contributed by atoms with van der Waals surface area (Å²) in [4.78, 5) is 3.71. The van der Waals surface area contributed by atoms with Crippen molar-refractivity contribution >= 4 is 10.8 Å². The molecule has 3 rings (SSSR count). The molecule has 0 spiro atoms. The van der Waals surface area contributed by atoms with Gasteiger partial charge in [0.2, 0.25) is 5.16 Å². The molecule has 1 aliphatic rings. The standard InChI is InChI=1S/C12H9F4N3OS/c13-5-21(20)12-17-11-9(16)4-10(19(11)18-12)6-1-7(14)3-8(15)2-6/h1-3,9-10H,4-5H2/t9-,10-,21?/m0/s1. The van der Waals surface area contributed by atoms with E-state index in [0.717, 1.165) is 16.8 Å². The van der Waals surface area contributed by atoms with Crippen LogP contribution in [0.15, 0.2) is 23.4 Å². The second-order valence-corrected chi connectivity index (χ2v) is 5.85. The number of hydrogen-bond donors (Lipinski definition) is 0. The molecule has 112 valence electrons. The van der Waals surface area contributed by atoms with Crippen LogP contribution >= 0.6 is 0 Å². The maximum absolute atomic E-state index is 13.9. The molecule has 0 amide bonds. The smallest absolute Gasteiger partial charge is 0.241 e. The third-order valence-electron chi connectivity index (χ3n) is 3.22. The topological polar surface area (TPSA) is 47.8 Å².